The molecule has 0 atom stereocenters. The lowest BCUT2D eigenvalue weighted by Crippen LogP contribution is -1.93. The van der Waals surface area contributed by atoms with Crippen LogP contribution in [0.5, 0.6) is 5.75 Å². The van der Waals surface area contributed by atoms with Gasteiger partial charge in [-0.3, -0.25) is 0 Å². The fourth-order valence-electron chi connectivity index (χ4n) is 1.06. The molecule has 3 heteroatoms. The molecule has 1 aromatic carbocycles. The Morgan fingerprint density at radius 2 is 2.36 bits per heavy atom. The number of nitriles is 1. The summed E-state index contributed by atoms with van der Waals surface area (Å²) >= 11 is 3.37. The topological polar surface area (TPSA) is 33.0 Å². The highest BCUT2D eigenvalue weighted by Gasteiger charge is 2.00. The van der Waals surface area contributed by atoms with Gasteiger partial charge >= 0.3 is 0 Å². The normalized spacial score (nSPS) is 10.1. The van der Waals surface area contributed by atoms with Crippen LogP contribution in [0.25, 0.3) is 6.08 Å². The quantitative estimate of drug-likeness (QED) is 0.772. The molecule has 1 rings (SSSR count). The van der Waals surface area contributed by atoms with Crippen molar-refractivity contribution in [3.8, 4) is 11.8 Å². The Bertz CT molecular complexity index is 379. The molecule has 0 aliphatic heterocycles. The zero-order valence-corrected chi connectivity index (χ0v) is 9.41. The van der Waals surface area contributed by atoms with Crippen LogP contribution >= 0.6 is 15.9 Å². The molecule has 0 spiro atoms. The lowest BCUT2D eigenvalue weighted by atomic mass is 10.2. The molecular formula is C11H10BrNO. The fraction of sp³-hybridized carbons (Fsp3) is 0.182. The van der Waals surface area contributed by atoms with Gasteiger partial charge in [0.2, 0.25) is 0 Å². The Labute approximate surface area is 91.9 Å². The van der Waals surface area contributed by atoms with Crippen molar-refractivity contribution in [1.82, 2.24) is 0 Å². The van der Waals surface area contributed by atoms with Crippen molar-refractivity contribution < 1.29 is 4.74 Å². The average Bonchev–Trinajstić information content (AvgIpc) is 2.18. The first kappa shape index (κ1) is 10.8. The number of hydrogen-bond donors (Lipinski definition) is 0. The second-order valence-electron chi connectivity index (χ2n) is 2.58. The minimum absolute atomic E-state index is 0.620. The summed E-state index contributed by atoms with van der Waals surface area (Å²) < 4.78 is 6.38. The zero-order chi connectivity index (χ0) is 10.4. The Hall–Kier alpha value is -1.27. The zero-order valence-electron chi connectivity index (χ0n) is 7.83. The van der Waals surface area contributed by atoms with E-state index in [1.54, 1.807) is 6.08 Å². The summed E-state index contributed by atoms with van der Waals surface area (Å²) in [6, 6.07) is 7.66. The van der Waals surface area contributed by atoms with Gasteiger partial charge in [0, 0.05) is 16.1 Å². The van der Waals surface area contributed by atoms with E-state index in [-0.39, 0.29) is 0 Å². The van der Waals surface area contributed by atoms with Gasteiger partial charge in [-0.25, -0.2) is 0 Å². The average molecular weight is 252 g/mol. The van der Waals surface area contributed by atoms with Crippen molar-refractivity contribution in [3.05, 3.63) is 34.3 Å². The summed E-state index contributed by atoms with van der Waals surface area (Å²) in [5.41, 5.74) is 0.905. The largest absolute Gasteiger partial charge is 0.493 e. The predicted molar refractivity (Wildman–Crippen MR) is 60.0 cm³/mol. The van der Waals surface area contributed by atoms with E-state index in [4.69, 9.17) is 10.00 Å². The van der Waals surface area contributed by atoms with E-state index >= 15 is 0 Å². The number of halogens is 1. The molecule has 0 radical (unpaired) electrons. The van der Waals surface area contributed by atoms with Crippen molar-refractivity contribution in [1.29, 1.82) is 5.26 Å². The number of rotatable bonds is 3. The SMILES string of the molecule is CCOc1ccc(Br)cc1/C=C/C#N. The number of nitrogens with zero attached hydrogens (tertiary/aromatic N) is 1. The van der Waals surface area contributed by atoms with Crippen LogP contribution in [-0.2, 0) is 0 Å². The molecule has 0 N–H and O–H groups in total. The van der Waals surface area contributed by atoms with Crippen molar-refractivity contribution in [2.24, 2.45) is 0 Å². The van der Waals surface area contributed by atoms with Crippen molar-refractivity contribution in [2.75, 3.05) is 6.61 Å². The highest BCUT2D eigenvalue weighted by atomic mass is 79.9. The van der Waals surface area contributed by atoms with E-state index in [0.717, 1.165) is 15.8 Å². The summed E-state index contributed by atoms with van der Waals surface area (Å²) in [7, 11) is 0. The molecule has 0 saturated carbocycles. The third-order valence-electron chi connectivity index (χ3n) is 1.61. The Kier molecular flexibility index (Phi) is 4.21. The third kappa shape index (κ3) is 2.90. The molecule has 0 amide bonds. The van der Waals surface area contributed by atoms with E-state index in [1.807, 2.05) is 31.2 Å². The van der Waals surface area contributed by atoms with E-state index in [2.05, 4.69) is 15.9 Å². The van der Waals surface area contributed by atoms with Gasteiger partial charge in [-0.1, -0.05) is 15.9 Å². The van der Waals surface area contributed by atoms with Crippen molar-refractivity contribution >= 4 is 22.0 Å². The first-order chi connectivity index (χ1) is 6.77. The maximum Gasteiger partial charge on any atom is 0.126 e. The van der Waals surface area contributed by atoms with Crippen molar-refractivity contribution in [2.45, 2.75) is 6.92 Å². The lowest BCUT2D eigenvalue weighted by molar-refractivity contribution is 0.339. The van der Waals surface area contributed by atoms with Gasteiger partial charge in [0.25, 0.3) is 0 Å². The molecular weight excluding hydrogens is 242 g/mol. The number of allylic oxidation sites excluding steroid dienone is 1. The highest BCUT2D eigenvalue weighted by Crippen LogP contribution is 2.24. The second-order valence-corrected chi connectivity index (χ2v) is 3.49. The fourth-order valence-corrected chi connectivity index (χ4v) is 1.44. The monoisotopic (exact) mass is 251 g/mol. The Morgan fingerprint density at radius 3 is 3.00 bits per heavy atom. The minimum atomic E-state index is 0.620. The van der Waals surface area contributed by atoms with Crippen LogP contribution in [0.3, 0.4) is 0 Å². The van der Waals surface area contributed by atoms with Crippen LogP contribution in [0.1, 0.15) is 12.5 Å². The molecule has 0 aliphatic rings. The van der Waals surface area contributed by atoms with Gasteiger partial charge in [-0.2, -0.15) is 5.26 Å². The molecule has 2 nitrogen and oxygen atoms in total. The maximum absolute atomic E-state index is 8.43. The Morgan fingerprint density at radius 1 is 1.57 bits per heavy atom. The molecule has 1 aromatic rings. The van der Waals surface area contributed by atoms with E-state index in [1.165, 1.54) is 6.08 Å². The molecule has 0 aromatic heterocycles. The summed E-state index contributed by atoms with van der Waals surface area (Å²) in [5.74, 6) is 0.794. The van der Waals surface area contributed by atoms with Crippen LogP contribution in [-0.4, -0.2) is 6.61 Å². The summed E-state index contributed by atoms with van der Waals surface area (Å²) in [6.07, 6.45) is 3.17. The van der Waals surface area contributed by atoms with E-state index in [0.29, 0.717) is 6.61 Å². The van der Waals surface area contributed by atoms with Gasteiger partial charge in [-0.15, -0.1) is 0 Å². The summed E-state index contributed by atoms with van der Waals surface area (Å²) in [5, 5.41) is 8.43. The molecule has 0 heterocycles. The number of benzene rings is 1. The van der Waals surface area contributed by atoms with Gasteiger partial charge in [-0.05, 0) is 31.2 Å². The lowest BCUT2D eigenvalue weighted by Gasteiger charge is -2.06. The van der Waals surface area contributed by atoms with Crippen LogP contribution in [0, 0.1) is 11.3 Å². The standard InChI is InChI=1S/C11H10BrNO/c1-2-14-11-6-5-10(12)8-9(11)4-3-7-13/h3-6,8H,2H2,1H3/b4-3+. The first-order valence-electron chi connectivity index (χ1n) is 4.26. The maximum atomic E-state index is 8.43. The second kappa shape index (κ2) is 5.46. The van der Waals surface area contributed by atoms with Gasteiger partial charge in [0.05, 0.1) is 12.7 Å². The minimum Gasteiger partial charge on any atom is -0.493 e. The van der Waals surface area contributed by atoms with E-state index in [9.17, 15) is 0 Å². The Balaban J connectivity index is 3.03. The van der Waals surface area contributed by atoms with E-state index < -0.39 is 0 Å². The van der Waals surface area contributed by atoms with Gasteiger partial charge in [0.15, 0.2) is 0 Å². The van der Waals surface area contributed by atoms with Crippen LogP contribution in [0.15, 0.2) is 28.7 Å². The molecule has 0 aliphatic carbocycles. The number of ether oxygens (including phenoxy) is 1. The molecule has 0 fully saturated rings. The third-order valence-corrected chi connectivity index (χ3v) is 2.10. The van der Waals surface area contributed by atoms with Crippen molar-refractivity contribution in [3.63, 3.8) is 0 Å². The van der Waals surface area contributed by atoms with Crippen LogP contribution in [0.2, 0.25) is 0 Å². The van der Waals surface area contributed by atoms with Crippen LogP contribution in [0.4, 0.5) is 0 Å². The predicted octanol–water partition coefficient (Wildman–Crippen LogP) is 3.38. The number of hydrogen-bond acceptors (Lipinski definition) is 2. The highest BCUT2D eigenvalue weighted by molar-refractivity contribution is 9.10. The van der Waals surface area contributed by atoms with Gasteiger partial charge < -0.3 is 4.74 Å². The van der Waals surface area contributed by atoms with Crippen LogP contribution < -0.4 is 4.74 Å². The molecule has 0 unspecified atom stereocenters. The molecule has 0 saturated heterocycles. The molecule has 72 valence electrons. The molecule has 0 bridgehead atoms. The summed E-state index contributed by atoms with van der Waals surface area (Å²) in [6.45, 7) is 2.55. The smallest absolute Gasteiger partial charge is 0.126 e. The summed E-state index contributed by atoms with van der Waals surface area (Å²) in [4.78, 5) is 0. The van der Waals surface area contributed by atoms with Gasteiger partial charge in [0.1, 0.15) is 5.75 Å². The molecule has 14 heavy (non-hydrogen) atoms. The first-order valence-corrected chi connectivity index (χ1v) is 5.05.